The molecule has 4 rings (SSSR count). The number of carbonyl (C=O) groups is 1. The smallest absolute Gasteiger partial charge is 0.274 e. The monoisotopic (exact) mass is 394 g/mol. The first kappa shape index (κ1) is 19.0. The highest BCUT2D eigenvalue weighted by Crippen LogP contribution is 2.24. The van der Waals surface area contributed by atoms with Crippen LogP contribution in [0.15, 0.2) is 54.6 Å². The van der Waals surface area contributed by atoms with Crippen molar-refractivity contribution in [3.05, 3.63) is 71.9 Å². The van der Waals surface area contributed by atoms with Crippen LogP contribution in [0.3, 0.4) is 0 Å². The van der Waals surface area contributed by atoms with Gasteiger partial charge in [-0.2, -0.15) is 0 Å². The molecule has 148 valence electrons. The molecular weight excluding hydrogens is 374 g/mol. The maximum absolute atomic E-state index is 13.9. The Balaban J connectivity index is 1.70. The maximum atomic E-state index is 13.9. The first-order chi connectivity index (χ1) is 14.1. The molecule has 5 nitrogen and oxygen atoms in total. The molecule has 1 aromatic heterocycles. The van der Waals surface area contributed by atoms with E-state index in [0.717, 1.165) is 43.6 Å². The zero-order chi connectivity index (χ0) is 20.2. The number of aromatic nitrogens is 2. The minimum Gasteiger partial charge on any atom is -0.356 e. The third kappa shape index (κ3) is 4.39. The first-order valence-corrected chi connectivity index (χ1v) is 9.56. The van der Waals surface area contributed by atoms with Gasteiger partial charge in [0.25, 0.3) is 5.91 Å². The molecule has 0 spiro atoms. The van der Waals surface area contributed by atoms with E-state index < -0.39 is 17.5 Å². The molecule has 0 bridgehead atoms. The average Bonchev–Trinajstić information content (AvgIpc) is 2.76. The SMILES string of the molecule is O=C(Nc1ccc(F)cc1F)c1cc(N2CCCCC2)nc(-c2ccccc2)n1. The van der Waals surface area contributed by atoms with Crippen LogP contribution in [0.2, 0.25) is 0 Å². The number of benzene rings is 2. The van der Waals surface area contributed by atoms with E-state index >= 15 is 0 Å². The minimum absolute atomic E-state index is 0.101. The second-order valence-electron chi connectivity index (χ2n) is 6.93. The van der Waals surface area contributed by atoms with E-state index in [0.29, 0.717) is 11.6 Å². The molecule has 7 heteroatoms. The minimum atomic E-state index is -0.841. The van der Waals surface area contributed by atoms with Gasteiger partial charge in [0, 0.05) is 30.8 Å². The largest absolute Gasteiger partial charge is 0.356 e. The Bertz CT molecular complexity index is 1020. The van der Waals surface area contributed by atoms with Crippen LogP contribution in [-0.4, -0.2) is 29.0 Å². The number of amides is 1. The van der Waals surface area contributed by atoms with Gasteiger partial charge in [0.05, 0.1) is 5.69 Å². The van der Waals surface area contributed by atoms with E-state index in [9.17, 15) is 13.6 Å². The van der Waals surface area contributed by atoms with Crippen molar-refractivity contribution in [2.24, 2.45) is 0 Å². The second-order valence-corrected chi connectivity index (χ2v) is 6.93. The van der Waals surface area contributed by atoms with Crippen LogP contribution in [0.25, 0.3) is 11.4 Å². The van der Waals surface area contributed by atoms with Crippen LogP contribution in [0.1, 0.15) is 29.8 Å². The van der Waals surface area contributed by atoms with Gasteiger partial charge in [-0.3, -0.25) is 4.79 Å². The summed E-state index contributed by atoms with van der Waals surface area (Å²) in [5, 5.41) is 2.47. The molecule has 1 saturated heterocycles. The lowest BCUT2D eigenvalue weighted by Gasteiger charge is -2.28. The zero-order valence-electron chi connectivity index (χ0n) is 15.7. The van der Waals surface area contributed by atoms with E-state index in [-0.39, 0.29) is 11.4 Å². The fraction of sp³-hybridized carbons (Fsp3) is 0.227. The van der Waals surface area contributed by atoms with Crippen molar-refractivity contribution in [1.82, 2.24) is 9.97 Å². The molecule has 0 saturated carbocycles. The summed E-state index contributed by atoms with van der Waals surface area (Å²) < 4.78 is 27.1. The van der Waals surface area contributed by atoms with Crippen LogP contribution >= 0.6 is 0 Å². The molecule has 1 N–H and O–H groups in total. The number of hydrogen-bond donors (Lipinski definition) is 1. The molecule has 1 amide bonds. The Kier molecular flexibility index (Phi) is 5.46. The third-order valence-corrected chi connectivity index (χ3v) is 4.84. The topological polar surface area (TPSA) is 58.1 Å². The molecule has 3 aromatic rings. The van der Waals surface area contributed by atoms with Crippen LogP contribution in [0.5, 0.6) is 0 Å². The van der Waals surface area contributed by atoms with Crippen molar-refractivity contribution in [1.29, 1.82) is 0 Å². The van der Waals surface area contributed by atoms with Gasteiger partial charge in [-0.25, -0.2) is 18.7 Å². The van der Waals surface area contributed by atoms with E-state index in [1.807, 2.05) is 30.3 Å². The molecule has 2 heterocycles. The number of halogens is 2. The molecule has 1 fully saturated rings. The van der Waals surface area contributed by atoms with E-state index in [4.69, 9.17) is 0 Å². The van der Waals surface area contributed by atoms with Gasteiger partial charge in [-0.05, 0) is 31.4 Å². The lowest BCUT2D eigenvalue weighted by molar-refractivity contribution is 0.102. The molecule has 1 aliphatic heterocycles. The predicted octanol–water partition coefficient (Wildman–Crippen LogP) is 4.66. The van der Waals surface area contributed by atoms with Gasteiger partial charge in [-0.15, -0.1) is 0 Å². The average molecular weight is 394 g/mol. The number of carbonyl (C=O) groups excluding carboxylic acids is 1. The van der Waals surface area contributed by atoms with Crippen molar-refractivity contribution in [2.75, 3.05) is 23.3 Å². The van der Waals surface area contributed by atoms with Crippen molar-refractivity contribution in [3.63, 3.8) is 0 Å². The predicted molar refractivity (Wildman–Crippen MR) is 108 cm³/mol. The van der Waals surface area contributed by atoms with Crippen molar-refractivity contribution in [3.8, 4) is 11.4 Å². The van der Waals surface area contributed by atoms with Gasteiger partial charge in [0.15, 0.2) is 5.82 Å². The Morgan fingerprint density at radius 1 is 0.931 bits per heavy atom. The van der Waals surface area contributed by atoms with Crippen LogP contribution in [0, 0.1) is 11.6 Å². The summed E-state index contributed by atoms with van der Waals surface area (Å²) >= 11 is 0. The highest BCUT2D eigenvalue weighted by atomic mass is 19.1. The number of rotatable bonds is 4. The Morgan fingerprint density at radius 2 is 1.69 bits per heavy atom. The Morgan fingerprint density at radius 3 is 2.41 bits per heavy atom. The lowest BCUT2D eigenvalue weighted by atomic mass is 10.1. The highest BCUT2D eigenvalue weighted by molar-refractivity contribution is 6.03. The number of nitrogens with one attached hydrogen (secondary N) is 1. The first-order valence-electron chi connectivity index (χ1n) is 9.56. The normalized spacial score (nSPS) is 13.9. The molecule has 0 atom stereocenters. The zero-order valence-corrected chi connectivity index (χ0v) is 15.7. The standard InChI is InChI=1S/C22H20F2N4O/c23-16-9-10-18(17(24)13-16)26-22(29)19-14-20(28-11-5-2-6-12-28)27-21(25-19)15-7-3-1-4-8-15/h1,3-4,7-10,13-14H,2,5-6,11-12H2,(H,26,29). The molecule has 29 heavy (non-hydrogen) atoms. The van der Waals surface area contributed by atoms with E-state index in [2.05, 4.69) is 20.2 Å². The van der Waals surface area contributed by atoms with Gasteiger partial charge in [0.2, 0.25) is 0 Å². The summed E-state index contributed by atoms with van der Waals surface area (Å²) in [5.74, 6) is -1.02. The van der Waals surface area contributed by atoms with Crippen LogP contribution in [0.4, 0.5) is 20.3 Å². The summed E-state index contributed by atoms with van der Waals surface area (Å²) in [5.41, 5.74) is 0.812. The van der Waals surface area contributed by atoms with Gasteiger partial charge < -0.3 is 10.2 Å². The Labute approximate surface area is 167 Å². The maximum Gasteiger partial charge on any atom is 0.274 e. The molecular formula is C22H20F2N4O. The van der Waals surface area contributed by atoms with E-state index in [1.54, 1.807) is 6.07 Å². The molecule has 1 aliphatic rings. The number of hydrogen-bond acceptors (Lipinski definition) is 4. The number of anilines is 2. The summed E-state index contributed by atoms with van der Waals surface area (Å²) in [6.07, 6.45) is 3.30. The highest BCUT2D eigenvalue weighted by Gasteiger charge is 2.19. The number of nitrogens with zero attached hydrogens (tertiary/aromatic N) is 3. The van der Waals surface area contributed by atoms with Crippen LogP contribution < -0.4 is 10.2 Å². The summed E-state index contributed by atoms with van der Waals surface area (Å²) in [7, 11) is 0. The van der Waals surface area contributed by atoms with Gasteiger partial charge >= 0.3 is 0 Å². The summed E-state index contributed by atoms with van der Waals surface area (Å²) in [6.45, 7) is 1.72. The van der Waals surface area contributed by atoms with Gasteiger partial charge in [0.1, 0.15) is 23.1 Å². The Hall–Kier alpha value is -3.35. The molecule has 0 unspecified atom stereocenters. The fourth-order valence-electron chi connectivity index (χ4n) is 3.33. The van der Waals surface area contributed by atoms with Crippen molar-refractivity contribution < 1.29 is 13.6 Å². The lowest BCUT2D eigenvalue weighted by Crippen LogP contribution is -2.31. The molecule has 0 radical (unpaired) electrons. The quantitative estimate of drug-likeness (QED) is 0.699. The number of piperidine rings is 1. The third-order valence-electron chi connectivity index (χ3n) is 4.84. The summed E-state index contributed by atoms with van der Waals surface area (Å²) in [6, 6.07) is 14.0. The van der Waals surface area contributed by atoms with Crippen LogP contribution in [-0.2, 0) is 0 Å². The van der Waals surface area contributed by atoms with E-state index in [1.165, 1.54) is 12.5 Å². The second kappa shape index (κ2) is 8.34. The summed E-state index contributed by atoms with van der Waals surface area (Å²) in [4.78, 5) is 24.0. The van der Waals surface area contributed by atoms with Crippen molar-refractivity contribution >= 4 is 17.4 Å². The fourth-order valence-corrected chi connectivity index (χ4v) is 3.33. The van der Waals surface area contributed by atoms with Crippen molar-refractivity contribution in [2.45, 2.75) is 19.3 Å². The molecule has 0 aliphatic carbocycles. The molecule has 2 aromatic carbocycles. The van der Waals surface area contributed by atoms with Gasteiger partial charge in [-0.1, -0.05) is 30.3 Å².